The molecule has 1 aromatic rings. The second kappa shape index (κ2) is 4.07. The Balaban J connectivity index is 1.89. The highest BCUT2D eigenvalue weighted by atomic mass is 19.1. The molecular formula is C17H19FO3. The van der Waals surface area contributed by atoms with Crippen LogP contribution in [-0.4, -0.2) is 21.8 Å². The highest BCUT2D eigenvalue weighted by molar-refractivity contribution is 5.70. The van der Waals surface area contributed by atoms with Crippen LogP contribution in [0.1, 0.15) is 37.7 Å². The van der Waals surface area contributed by atoms with Crippen molar-refractivity contribution in [2.75, 3.05) is 0 Å². The molecule has 2 N–H and O–H groups in total. The van der Waals surface area contributed by atoms with Gasteiger partial charge in [-0.2, -0.15) is 0 Å². The lowest BCUT2D eigenvalue weighted by atomic mass is 9.56. The smallest absolute Gasteiger partial charge is 0.304 e. The van der Waals surface area contributed by atoms with E-state index in [1.54, 1.807) is 12.1 Å². The van der Waals surface area contributed by atoms with Gasteiger partial charge in [-0.25, -0.2) is 4.39 Å². The standard InChI is InChI=1S/C17H19FO3/c18-13-3-1-12(2-4-13)17(9-15(19)20)14-6-10-5-11(14)8-16(17,21)7-10/h1-4,10-11,14,21H,5-9H2,(H,19,20)/t10?,11?,14?,16-,17-/m1/s1. The van der Waals surface area contributed by atoms with E-state index in [1.165, 1.54) is 12.1 Å². The van der Waals surface area contributed by atoms with Gasteiger partial charge in [0.05, 0.1) is 12.0 Å². The maximum atomic E-state index is 13.3. The summed E-state index contributed by atoms with van der Waals surface area (Å²) in [5.74, 6) is -0.0606. The number of benzene rings is 1. The van der Waals surface area contributed by atoms with Gasteiger partial charge in [0.2, 0.25) is 0 Å². The number of carbonyl (C=O) groups is 1. The Morgan fingerprint density at radius 1 is 1.24 bits per heavy atom. The fraction of sp³-hybridized carbons (Fsp3) is 0.588. The van der Waals surface area contributed by atoms with Crippen molar-refractivity contribution in [1.29, 1.82) is 0 Å². The van der Waals surface area contributed by atoms with Crippen LogP contribution in [0.25, 0.3) is 0 Å². The van der Waals surface area contributed by atoms with Gasteiger partial charge in [-0.05, 0) is 61.1 Å². The molecule has 0 amide bonds. The molecule has 0 spiro atoms. The van der Waals surface area contributed by atoms with Crippen molar-refractivity contribution < 1.29 is 19.4 Å². The van der Waals surface area contributed by atoms with Crippen molar-refractivity contribution in [3.8, 4) is 0 Å². The van der Waals surface area contributed by atoms with Crippen molar-refractivity contribution in [2.45, 2.75) is 43.1 Å². The molecule has 4 heteroatoms. The zero-order chi connectivity index (χ0) is 14.8. The zero-order valence-electron chi connectivity index (χ0n) is 11.8. The van der Waals surface area contributed by atoms with Crippen molar-refractivity contribution in [2.24, 2.45) is 17.8 Å². The van der Waals surface area contributed by atoms with Gasteiger partial charge in [-0.1, -0.05) is 12.1 Å². The number of aliphatic carboxylic acids is 1. The number of carboxylic acid groups (broad SMARTS) is 1. The summed E-state index contributed by atoms with van der Waals surface area (Å²) in [5, 5.41) is 20.7. The first-order chi connectivity index (χ1) is 9.94. The molecule has 5 atom stereocenters. The first kappa shape index (κ1) is 13.3. The third kappa shape index (κ3) is 1.60. The summed E-state index contributed by atoms with van der Waals surface area (Å²) in [6.07, 6.45) is 3.42. The minimum atomic E-state index is -0.945. The number of carboxylic acids is 1. The Bertz CT molecular complexity index is 595. The fourth-order valence-corrected chi connectivity index (χ4v) is 5.81. The van der Waals surface area contributed by atoms with E-state index < -0.39 is 17.0 Å². The lowest BCUT2D eigenvalue weighted by Crippen LogP contribution is -2.55. The molecule has 3 nitrogen and oxygen atoms in total. The van der Waals surface area contributed by atoms with Crippen LogP contribution in [-0.2, 0) is 10.2 Å². The van der Waals surface area contributed by atoms with E-state index in [9.17, 15) is 19.4 Å². The van der Waals surface area contributed by atoms with Crippen LogP contribution in [0.5, 0.6) is 0 Å². The summed E-state index contributed by atoms with van der Waals surface area (Å²) in [5.41, 5.74) is -0.897. The number of hydrogen-bond acceptors (Lipinski definition) is 2. The summed E-state index contributed by atoms with van der Waals surface area (Å²) < 4.78 is 13.3. The minimum absolute atomic E-state index is 0.0664. The predicted octanol–water partition coefficient (Wildman–Crippen LogP) is 2.72. The molecule has 4 aliphatic carbocycles. The molecule has 3 unspecified atom stereocenters. The van der Waals surface area contributed by atoms with E-state index in [0.29, 0.717) is 24.7 Å². The summed E-state index contributed by atoms with van der Waals surface area (Å²) in [7, 11) is 0. The van der Waals surface area contributed by atoms with Crippen LogP contribution < -0.4 is 0 Å². The van der Waals surface area contributed by atoms with Crippen LogP contribution in [0.2, 0.25) is 0 Å². The number of halogens is 1. The van der Waals surface area contributed by atoms with Crippen molar-refractivity contribution in [1.82, 2.24) is 0 Å². The summed E-state index contributed by atoms with van der Waals surface area (Å²) in [4.78, 5) is 11.5. The molecule has 0 radical (unpaired) electrons. The van der Waals surface area contributed by atoms with Gasteiger partial charge in [0, 0.05) is 5.41 Å². The van der Waals surface area contributed by atoms with Crippen molar-refractivity contribution >= 4 is 5.97 Å². The van der Waals surface area contributed by atoms with Crippen LogP contribution in [0, 0.1) is 23.6 Å². The highest BCUT2D eigenvalue weighted by Crippen LogP contribution is 2.70. The Morgan fingerprint density at radius 3 is 2.57 bits per heavy atom. The van der Waals surface area contributed by atoms with Gasteiger partial charge in [0.15, 0.2) is 0 Å². The molecule has 4 bridgehead atoms. The fourth-order valence-electron chi connectivity index (χ4n) is 5.81. The maximum Gasteiger partial charge on any atom is 0.304 e. The highest BCUT2D eigenvalue weighted by Gasteiger charge is 2.70. The van der Waals surface area contributed by atoms with Gasteiger partial charge in [0.25, 0.3) is 0 Å². The van der Waals surface area contributed by atoms with Crippen LogP contribution >= 0.6 is 0 Å². The molecular weight excluding hydrogens is 271 g/mol. The topological polar surface area (TPSA) is 57.5 Å². The Kier molecular flexibility index (Phi) is 2.57. The van der Waals surface area contributed by atoms with E-state index in [-0.39, 0.29) is 18.2 Å². The van der Waals surface area contributed by atoms with Crippen molar-refractivity contribution in [3.05, 3.63) is 35.6 Å². The average Bonchev–Trinajstić information content (AvgIpc) is 2.78. The quantitative estimate of drug-likeness (QED) is 0.900. The zero-order valence-corrected chi connectivity index (χ0v) is 11.8. The Labute approximate surface area is 122 Å². The molecule has 4 saturated carbocycles. The maximum absolute atomic E-state index is 13.3. The number of rotatable bonds is 3. The van der Waals surface area contributed by atoms with Crippen LogP contribution in [0.4, 0.5) is 4.39 Å². The Morgan fingerprint density at radius 2 is 1.95 bits per heavy atom. The van der Waals surface area contributed by atoms with E-state index in [1.807, 2.05) is 0 Å². The molecule has 4 aliphatic rings. The van der Waals surface area contributed by atoms with Gasteiger partial charge >= 0.3 is 5.97 Å². The van der Waals surface area contributed by atoms with Gasteiger partial charge in [0.1, 0.15) is 5.82 Å². The van der Waals surface area contributed by atoms with Crippen molar-refractivity contribution in [3.63, 3.8) is 0 Å². The van der Waals surface area contributed by atoms with Gasteiger partial charge < -0.3 is 10.2 Å². The minimum Gasteiger partial charge on any atom is -0.481 e. The van der Waals surface area contributed by atoms with Gasteiger partial charge in [-0.15, -0.1) is 0 Å². The first-order valence-corrected chi connectivity index (χ1v) is 7.65. The summed E-state index contributed by atoms with van der Waals surface area (Å²) >= 11 is 0. The largest absolute Gasteiger partial charge is 0.481 e. The predicted molar refractivity (Wildman–Crippen MR) is 74.2 cm³/mol. The first-order valence-electron chi connectivity index (χ1n) is 7.65. The van der Waals surface area contributed by atoms with E-state index in [4.69, 9.17) is 0 Å². The second-order valence-corrected chi connectivity index (χ2v) is 7.19. The number of aliphatic hydroxyl groups is 1. The SMILES string of the molecule is O=C(O)C[C@@]1(c2ccc(F)cc2)C2CC3CC2C[C@]1(O)C3. The normalized spacial score (nSPS) is 43.4. The molecule has 1 aromatic carbocycles. The molecule has 0 aromatic heterocycles. The van der Waals surface area contributed by atoms with Gasteiger partial charge in [-0.3, -0.25) is 4.79 Å². The molecule has 0 saturated heterocycles. The monoisotopic (exact) mass is 290 g/mol. The Hall–Kier alpha value is -1.42. The summed E-state index contributed by atoms with van der Waals surface area (Å²) in [6, 6.07) is 6.09. The molecule has 0 aliphatic heterocycles. The van der Waals surface area contributed by atoms with E-state index >= 15 is 0 Å². The summed E-state index contributed by atoms with van der Waals surface area (Å²) in [6.45, 7) is 0. The van der Waals surface area contributed by atoms with E-state index in [2.05, 4.69) is 0 Å². The molecule has 0 heterocycles. The third-order valence-corrected chi connectivity index (χ3v) is 6.27. The van der Waals surface area contributed by atoms with E-state index in [0.717, 1.165) is 18.4 Å². The molecule has 5 rings (SSSR count). The lowest BCUT2D eigenvalue weighted by molar-refractivity contribution is -0.145. The lowest BCUT2D eigenvalue weighted by Gasteiger charge is -2.50. The third-order valence-electron chi connectivity index (χ3n) is 6.27. The molecule has 21 heavy (non-hydrogen) atoms. The molecule has 4 fully saturated rings. The average molecular weight is 290 g/mol. The van der Waals surface area contributed by atoms with Crippen LogP contribution in [0.3, 0.4) is 0 Å². The second-order valence-electron chi connectivity index (χ2n) is 7.19. The van der Waals surface area contributed by atoms with Crippen LogP contribution in [0.15, 0.2) is 24.3 Å². The number of hydrogen-bond donors (Lipinski definition) is 2. The molecule has 112 valence electrons.